The number of carbonyl (C=O) groups excluding carboxylic acids is 1. The van der Waals surface area contributed by atoms with Crippen LogP contribution in [0.2, 0.25) is 0 Å². The van der Waals surface area contributed by atoms with Crippen molar-refractivity contribution in [3.8, 4) is 0 Å². The summed E-state index contributed by atoms with van der Waals surface area (Å²) in [6.07, 6.45) is -0.609. The third-order valence-corrected chi connectivity index (χ3v) is 5.35. The van der Waals surface area contributed by atoms with Gasteiger partial charge in [-0.05, 0) is 12.1 Å². The van der Waals surface area contributed by atoms with Crippen LogP contribution in [0.25, 0.3) is 0 Å². The van der Waals surface area contributed by atoms with Crippen LogP contribution in [0.15, 0.2) is 30.3 Å². The molecule has 156 valence electrons. The van der Waals surface area contributed by atoms with Crippen LogP contribution in [0.1, 0.15) is 37.0 Å². The second-order valence-electron chi connectivity index (χ2n) is 7.55. The summed E-state index contributed by atoms with van der Waals surface area (Å²) < 4.78 is 27.9. The molecule has 1 saturated heterocycles. The van der Waals surface area contributed by atoms with Crippen LogP contribution in [0.5, 0.6) is 0 Å². The van der Waals surface area contributed by atoms with E-state index in [-0.39, 0.29) is 24.1 Å². The standard InChI is InChI=1S/C21H31NO6/c1-21(2)17(11-15(25-4)13-24-3)27-16(19(22)26-5)12-18(21)28-20(23)14-9-7-6-8-10-14/h6-10,15-18,22H,11-13H2,1-5H3/t15-,16-,17+,18+/m0/s1. The lowest BCUT2D eigenvalue weighted by Gasteiger charge is -2.47. The Morgan fingerprint density at radius 3 is 2.50 bits per heavy atom. The van der Waals surface area contributed by atoms with Gasteiger partial charge in [0.05, 0.1) is 31.5 Å². The van der Waals surface area contributed by atoms with Gasteiger partial charge in [-0.2, -0.15) is 0 Å². The molecule has 1 fully saturated rings. The molecule has 0 radical (unpaired) electrons. The van der Waals surface area contributed by atoms with Gasteiger partial charge >= 0.3 is 5.97 Å². The number of carbonyl (C=O) groups is 1. The Balaban J connectivity index is 2.23. The Bertz CT molecular complexity index is 648. The van der Waals surface area contributed by atoms with Crippen molar-refractivity contribution in [2.45, 2.75) is 51.1 Å². The van der Waals surface area contributed by atoms with E-state index in [9.17, 15) is 4.79 Å². The molecule has 1 heterocycles. The average Bonchev–Trinajstić information content (AvgIpc) is 2.70. The smallest absolute Gasteiger partial charge is 0.338 e. The zero-order valence-corrected chi connectivity index (χ0v) is 17.3. The number of benzene rings is 1. The summed E-state index contributed by atoms with van der Waals surface area (Å²) in [5.41, 5.74) is 0.00769. The van der Waals surface area contributed by atoms with Crippen molar-refractivity contribution in [2.75, 3.05) is 27.9 Å². The number of esters is 1. The molecule has 1 aromatic carbocycles. The highest BCUT2D eigenvalue weighted by molar-refractivity contribution is 5.89. The van der Waals surface area contributed by atoms with Gasteiger partial charge in [0.15, 0.2) is 0 Å². The Labute approximate surface area is 166 Å². The van der Waals surface area contributed by atoms with E-state index >= 15 is 0 Å². The van der Waals surface area contributed by atoms with Crippen LogP contribution in [0.3, 0.4) is 0 Å². The third-order valence-electron chi connectivity index (χ3n) is 5.35. The van der Waals surface area contributed by atoms with Crippen LogP contribution in [-0.2, 0) is 23.7 Å². The number of hydrogen-bond donors (Lipinski definition) is 1. The molecule has 7 nitrogen and oxygen atoms in total. The first-order valence-electron chi connectivity index (χ1n) is 9.39. The summed E-state index contributed by atoms with van der Waals surface area (Å²) in [6, 6.07) is 8.89. The van der Waals surface area contributed by atoms with Gasteiger partial charge in [-0.15, -0.1) is 0 Å². The van der Waals surface area contributed by atoms with E-state index in [4.69, 9.17) is 29.1 Å². The minimum Gasteiger partial charge on any atom is -0.483 e. The lowest BCUT2D eigenvalue weighted by Crippen LogP contribution is -2.55. The molecule has 0 aromatic heterocycles. The summed E-state index contributed by atoms with van der Waals surface area (Å²) in [7, 11) is 4.68. The average molecular weight is 393 g/mol. The maximum atomic E-state index is 12.6. The molecule has 1 aliphatic rings. The normalized spacial score (nSPS) is 25.0. The largest absolute Gasteiger partial charge is 0.483 e. The highest BCUT2D eigenvalue weighted by atomic mass is 16.6. The SMILES string of the molecule is COC[C@H](C[C@H]1O[C@H](C(=N)OC)C[C@@H](OC(=O)c2ccccc2)C1(C)C)OC. The van der Waals surface area contributed by atoms with Crippen LogP contribution >= 0.6 is 0 Å². The van der Waals surface area contributed by atoms with Gasteiger partial charge in [-0.1, -0.05) is 32.0 Å². The van der Waals surface area contributed by atoms with E-state index < -0.39 is 17.6 Å². The van der Waals surface area contributed by atoms with Crippen LogP contribution in [-0.4, -0.2) is 64.2 Å². The lowest BCUT2D eigenvalue weighted by atomic mass is 9.74. The molecule has 4 atom stereocenters. The fraction of sp³-hybridized carbons (Fsp3) is 0.619. The number of ether oxygens (including phenoxy) is 5. The van der Waals surface area contributed by atoms with E-state index in [0.717, 1.165) is 0 Å². The van der Waals surface area contributed by atoms with Gasteiger partial charge in [-0.25, -0.2) is 4.79 Å². The van der Waals surface area contributed by atoms with Gasteiger partial charge in [0, 0.05) is 32.5 Å². The van der Waals surface area contributed by atoms with Gasteiger partial charge in [0.25, 0.3) is 0 Å². The fourth-order valence-corrected chi connectivity index (χ4v) is 3.42. The van der Waals surface area contributed by atoms with E-state index in [1.165, 1.54) is 7.11 Å². The molecule has 0 unspecified atom stereocenters. The third kappa shape index (κ3) is 5.31. The highest BCUT2D eigenvalue weighted by Crippen LogP contribution is 2.41. The number of methoxy groups -OCH3 is 3. The number of hydrogen-bond acceptors (Lipinski definition) is 7. The Morgan fingerprint density at radius 2 is 1.93 bits per heavy atom. The van der Waals surface area contributed by atoms with Crippen molar-refractivity contribution in [1.82, 2.24) is 0 Å². The van der Waals surface area contributed by atoms with E-state index in [1.54, 1.807) is 38.5 Å². The van der Waals surface area contributed by atoms with Crippen molar-refractivity contribution in [3.05, 3.63) is 35.9 Å². The van der Waals surface area contributed by atoms with E-state index in [0.29, 0.717) is 25.0 Å². The summed E-state index contributed by atoms with van der Waals surface area (Å²) in [6.45, 7) is 4.44. The number of nitrogens with one attached hydrogen (secondary N) is 1. The molecule has 28 heavy (non-hydrogen) atoms. The second kappa shape index (κ2) is 10.0. The molecular formula is C21H31NO6. The molecule has 1 aromatic rings. The molecular weight excluding hydrogens is 362 g/mol. The van der Waals surface area contributed by atoms with Gasteiger partial charge in [0.1, 0.15) is 12.2 Å². The Morgan fingerprint density at radius 1 is 1.25 bits per heavy atom. The van der Waals surface area contributed by atoms with Gasteiger partial charge < -0.3 is 23.7 Å². The minimum atomic E-state index is -0.586. The molecule has 1 N–H and O–H groups in total. The minimum absolute atomic E-state index is 0.0157. The summed E-state index contributed by atoms with van der Waals surface area (Å²) >= 11 is 0. The quantitative estimate of drug-likeness (QED) is 0.415. The first-order chi connectivity index (χ1) is 13.3. The summed E-state index contributed by atoms with van der Waals surface area (Å²) in [4.78, 5) is 12.6. The van der Waals surface area contributed by atoms with Crippen molar-refractivity contribution in [1.29, 1.82) is 5.41 Å². The summed E-state index contributed by atoms with van der Waals surface area (Å²) in [5, 5.41) is 8.05. The Hall–Kier alpha value is -1.96. The molecule has 0 aliphatic carbocycles. The topological polar surface area (TPSA) is 87.1 Å². The van der Waals surface area contributed by atoms with Crippen molar-refractivity contribution < 1.29 is 28.5 Å². The zero-order chi connectivity index (χ0) is 20.7. The maximum absolute atomic E-state index is 12.6. The molecule has 7 heteroatoms. The van der Waals surface area contributed by atoms with E-state index in [1.807, 2.05) is 19.9 Å². The van der Waals surface area contributed by atoms with Crippen molar-refractivity contribution >= 4 is 11.9 Å². The maximum Gasteiger partial charge on any atom is 0.338 e. The molecule has 2 rings (SSSR count). The second-order valence-corrected chi connectivity index (χ2v) is 7.55. The predicted octanol–water partition coefficient (Wildman–Crippen LogP) is 3.07. The Kier molecular flexibility index (Phi) is 7.98. The fourth-order valence-electron chi connectivity index (χ4n) is 3.42. The predicted molar refractivity (Wildman–Crippen MR) is 105 cm³/mol. The van der Waals surface area contributed by atoms with Gasteiger partial charge in [0.2, 0.25) is 5.90 Å². The zero-order valence-electron chi connectivity index (χ0n) is 17.3. The van der Waals surface area contributed by atoms with E-state index in [2.05, 4.69) is 0 Å². The molecule has 1 aliphatic heterocycles. The first-order valence-corrected chi connectivity index (χ1v) is 9.39. The van der Waals surface area contributed by atoms with Crippen molar-refractivity contribution in [3.63, 3.8) is 0 Å². The van der Waals surface area contributed by atoms with Crippen LogP contribution in [0, 0.1) is 10.8 Å². The molecule has 0 spiro atoms. The molecule has 0 saturated carbocycles. The molecule has 0 amide bonds. The first kappa shape index (κ1) is 22.3. The monoisotopic (exact) mass is 393 g/mol. The van der Waals surface area contributed by atoms with Crippen LogP contribution in [0.4, 0.5) is 0 Å². The van der Waals surface area contributed by atoms with Crippen molar-refractivity contribution in [2.24, 2.45) is 5.41 Å². The highest BCUT2D eigenvalue weighted by Gasteiger charge is 2.49. The number of rotatable bonds is 8. The molecule has 0 bridgehead atoms. The van der Waals surface area contributed by atoms with Crippen LogP contribution < -0.4 is 0 Å². The summed E-state index contributed by atoms with van der Waals surface area (Å²) in [5.74, 6) is -0.371. The van der Waals surface area contributed by atoms with Gasteiger partial charge in [-0.3, -0.25) is 5.41 Å². The lowest BCUT2D eigenvalue weighted by molar-refractivity contribution is -0.173.